The van der Waals surface area contributed by atoms with E-state index in [9.17, 15) is 9.59 Å². The Labute approximate surface area is 206 Å². The predicted molar refractivity (Wildman–Crippen MR) is 136 cm³/mol. The first kappa shape index (κ1) is 22.7. The average Bonchev–Trinajstić information content (AvgIpc) is 3.43. The van der Waals surface area contributed by atoms with Crippen molar-refractivity contribution >= 4 is 46.0 Å². The topological polar surface area (TPSA) is 81.8 Å². The first-order valence-electron chi connectivity index (χ1n) is 11.3. The molecule has 9 heteroatoms. The van der Waals surface area contributed by atoms with Crippen LogP contribution in [0.5, 0.6) is 0 Å². The van der Waals surface area contributed by atoms with E-state index in [1.165, 1.54) is 23.5 Å². The number of amides is 1. The van der Waals surface area contributed by atoms with Crippen LogP contribution in [0.1, 0.15) is 37.8 Å². The number of nitrogens with one attached hydrogen (secondary N) is 1. The Kier molecular flexibility index (Phi) is 6.43. The molecule has 0 radical (unpaired) electrons. The maximum absolute atomic E-state index is 13.3. The number of hydrogen-bond donors (Lipinski definition) is 1. The van der Waals surface area contributed by atoms with Crippen LogP contribution >= 0.6 is 23.4 Å². The SMILES string of the molecule is CCCCc1ccc(NC(=O)CC2CSc3nc4c(cnn4-c4cccc(Cl)c4)c(=O)n32)cc1. The van der Waals surface area contributed by atoms with Crippen LogP contribution in [0.15, 0.2) is 64.7 Å². The number of halogens is 1. The number of aryl methyl sites for hydroxylation is 1. The minimum absolute atomic E-state index is 0.124. The molecule has 1 aliphatic rings. The summed E-state index contributed by atoms with van der Waals surface area (Å²) in [6.07, 6.45) is 5.07. The summed E-state index contributed by atoms with van der Waals surface area (Å²) in [7, 11) is 0. The van der Waals surface area contributed by atoms with Crippen LogP contribution in [0.4, 0.5) is 5.69 Å². The number of thioether (sulfide) groups is 1. The van der Waals surface area contributed by atoms with Crippen LogP contribution in [0.2, 0.25) is 5.02 Å². The van der Waals surface area contributed by atoms with E-state index in [1.54, 1.807) is 21.4 Å². The second-order valence-electron chi connectivity index (χ2n) is 8.36. The van der Waals surface area contributed by atoms with Gasteiger partial charge >= 0.3 is 0 Å². The highest BCUT2D eigenvalue weighted by molar-refractivity contribution is 7.99. The Morgan fingerprint density at radius 2 is 2.06 bits per heavy atom. The molecule has 0 aliphatic carbocycles. The summed E-state index contributed by atoms with van der Waals surface area (Å²) in [5, 5.41) is 8.92. The van der Waals surface area contributed by atoms with Gasteiger partial charge in [0.25, 0.3) is 5.56 Å². The van der Waals surface area contributed by atoms with Crippen molar-refractivity contribution in [1.29, 1.82) is 0 Å². The number of anilines is 1. The minimum atomic E-state index is -0.261. The molecule has 0 spiro atoms. The number of fused-ring (bicyclic) bond motifs is 2. The number of nitrogens with zero attached hydrogens (tertiary/aromatic N) is 4. The molecule has 4 aromatic rings. The molecule has 0 saturated heterocycles. The highest BCUT2D eigenvalue weighted by Crippen LogP contribution is 2.33. The Hall–Kier alpha value is -3.10. The maximum atomic E-state index is 13.3. The van der Waals surface area contributed by atoms with Crippen LogP contribution in [0.3, 0.4) is 0 Å². The zero-order valence-electron chi connectivity index (χ0n) is 18.7. The van der Waals surface area contributed by atoms with Gasteiger partial charge in [-0.25, -0.2) is 9.67 Å². The van der Waals surface area contributed by atoms with Crippen molar-refractivity contribution in [2.45, 2.75) is 43.8 Å². The largest absolute Gasteiger partial charge is 0.326 e. The lowest BCUT2D eigenvalue weighted by atomic mass is 10.1. The summed E-state index contributed by atoms with van der Waals surface area (Å²) in [5.41, 5.74) is 3.07. The summed E-state index contributed by atoms with van der Waals surface area (Å²) in [5.74, 6) is 0.490. The minimum Gasteiger partial charge on any atom is -0.326 e. The van der Waals surface area contributed by atoms with Crippen LogP contribution in [0.25, 0.3) is 16.7 Å². The van der Waals surface area contributed by atoms with Gasteiger partial charge < -0.3 is 5.32 Å². The molecule has 1 unspecified atom stereocenters. The second-order valence-corrected chi connectivity index (χ2v) is 9.78. The Morgan fingerprint density at radius 3 is 2.82 bits per heavy atom. The molecule has 0 saturated carbocycles. The Morgan fingerprint density at radius 1 is 1.24 bits per heavy atom. The summed E-state index contributed by atoms with van der Waals surface area (Å²) < 4.78 is 3.25. The molecule has 2 aromatic carbocycles. The van der Waals surface area contributed by atoms with E-state index in [4.69, 9.17) is 16.6 Å². The van der Waals surface area contributed by atoms with Crippen LogP contribution in [-0.4, -0.2) is 31.0 Å². The summed E-state index contributed by atoms with van der Waals surface area (Å²) in [6.45, 7) is 2.17. The smallest absolute Gasteiger partial charge is 0.265 e. The van der Waals surface area contributed by atoms with Gasteiger partial charge in [-0.2, -0.15) is 5.10 Å². The van der Waals surface area contributed by atoms with Gasteiger partial charge in [0.15, 0.2) is 10.8 Å². The highest BCUT2D eigenvalue weighted by atomic mass is 35.5. The molecule has 1 aliphatic heterocycles. The first-order chi connectivity index (χ1) is 16.5. The van der Waals surface area contributed by atoms with Crippen molar-refractivity contribution in [2.75, 3.05) is 11.1 Å². The lowest BCUT2D eigenvalue weighted by Crippen LogP contribution is -2.27. The van der Waals surface area contributed by atoms with Gasteiger partial charge in [-0.1, -0.05) is 54.9 Å². The molecule has 3 heterocycles. The van der Waals surface area contributed by atoms with Gasteiger partial charge in [-0.3, -0.25) is 14.2 Å². The summed E-state index contributed by atoms with van der Waals surface area (Å²) >= 11 is 7.60. The average molecular weight is 494 g/mol. The zero-order chi connectivity index (χ0) is 23.7. The standard InChI is InChI=1S/C25H24ClN5O2S/c1-2-3-5-16-8-10-18(11-9-16)28-22(32)13-20-15-34-25-29-23-21(24(33)30(20)25)14-27-31(23)19-7-4-6-17(26)12-19/h4,6-12,14,20H,2-3,5,13,15H2,1H3,(H,28,32). The molecular formula is C25H24ClN5O2S. The quantitative estimate of drug-likeness (QED) is 0.355. The van der Waals surface area contributed by atoms with Crippen LogP contribution in [-0.2, 0) is 11.2 Å². The number of benzene rings is 2. The Bertz CT molecular complexity index is 1410. The van der Waals surface area contributed by atoms with Gasteiger partial charge in [0, 0.05) is 22.9 Å². The number of aromatic nitrogens is 4. The lowest BCUT2D eigenvalue weighted by molar-refractivity contribution is -0.116. The fourth-order valence-electron chi connectivity index (χ4n) is 4.14. The van der Waals surface area contributed by atoms with Crippen LogP contribution in [0, 0.1) is 0 Å². The third-order valence-electron chi connectivity index (χ3n) is 5.90. The number of carbonyl (C=O) groups excluding carboxylic acids is 1. The third kappa shape index (κ3) is 4.48. The van der Waals surface area contributed by atoms with E-state index in [2.05, 4.69) is 29.5 Å². The highest BCUT2D eigenvalue weighted by Gasteiger charge is 2.29. The van der Waals surface area contributed by atoms with Crippen molar-refractivity contribution in [3.05, 3.63) is 75.7 Å². The summed E-state index contributed by atoms with van der Waals surface area (Å²) in [6, 6.07) is 14.9. The molecule has 2 aromatic heterocycles. The van der Waals surface area contributed by atoms with Gasteiger partial charge in [0.05, 0.1) is 17.9 Å². The van der Waals surface area contributed by atoms with E-state index < -0.39 is 0 Å². The predicted octanol–water partition coefficient (Wildman–Crippen LogP) is 5.25. The van der Waals surface area contributed by atoms with Crippen molar-refractivity contribution < 1.29 is 4.79 Å². The molecular weight excluding hydrogens is 470 g/mol. The molecule has 1 atom stereocenters. The third-order valence-corrected chi connectivity index (χ3v) is 7.23. The van der Waals surface area contributed by atoms with Gasteiger partial charge in [0.2, 0.25) is 5.91 Å². The number of carbonyl (C=O) groups is 1. The molecule has 174 valence electrons. The second kappa shape index (κ2) is 9.64. The van der Waals surface area contributed by atoms with E-state index >= 15 is 0 Å². The van der Waals surface area contributed by atoms with E-state index in [1.807, 2.05) is 24.3 Å². The first-order valence-corrected chi connectivity index (χ1v) is 12.7. The Balaban J connectivity index is 1.35. The molecule has 5 rings (SSSR count). The number of hydrogen-bond acceptors (Lipinski definition) is 5. The zero-order valence-corrected chi connectivity index (χ0v) is 20.3. The van der Waals surface area contributed by atoms with Crippen LogP contribution < -0.4 is 10.9 Å². The van der Waals surface area contributed by atoms with Gasteiger partial charge in [-0.15, -0.1) is 0 Å². The fraction of sp³-hybridized carbons (Fsp3) is 0.280. The number of unbranched alkanes of at least 4 members (excludes halogenated alkanes) is 1. The molecule has 0 fully saturated rings. The van der Waals surface area contributed by atoms with Crippen molar-refractivity contribution in [3.63, 3.8) is 0 Å². The lowest BCUT2D eigenvalue weighted by Gasteiger charge is -2.14. The van der Waals surface area contributed by atoms with Crippen molar-refractivity contribution in [1.82, 2.24) is 19.3 Å². The van der Waals surface area contributed by atoms with Gasteiger partial charge in [0.1, 0.15) is 5.39 Å². The van der Waals surface area contributed by atoms with E-state index in [0.717, 1.165) is 30.6 Å². The van der Waals surface area contributed by atoms with Crippen molar-refractivity contribution in [3.8, 4) is 5.69 Å². The monoisotopic (exact) mass is 493 g/mol. The van der Waals surface area contributed by atoms with E-state index in [-0.39, 0.29) is 23.9 Å². The molecule has 7 nitrogen and oxygen atoms in total. The van der Waals surface area contributed by atoms with E-state index in [0.29, 0.717) is 27.0 Å². The molecule has 34 heavy (non-hydrogen) atoms. The molecule has 0 bridgehead atoms. The van der Waals surface area contributed by atoms with Gasteiger partial charge in [-0.05, 0) is 48.7 Å². The fourth-order valence-corrected chi connectivity index (χ4v) is 5.45. The molecule has 1 amide bonds. The van der Waals surface area contributed by atoms with Crippen molar-refractivity contribution in [2.24, 2.45) is 0 Å². The summed E-state index contributed by atoms with van der Waals surface area (Å²) in [4.78, 5) is 30.8. The number of rotatable bonds is 7. The normalized spacial score (nSPS) is 14.9. The molecule has 1 N–H and O–H groups in total. The maximum Gasteiger partial charge on any atom is 0.265 e.